The second kappa shape index (κ2) is 4.35. The van der Waals surface area contributed by atoms with Crippen LogP contribution in [0.15, 0.2) is 18.2 Å². The van der Waals surface area contributed by atoms with E-state index in [9.17, 15) is 4.79 Å². The van der Waals surface area contributed by atoms with Gasteiger partial charge >= 0.3 is 5.97 Å². The van der Waals surface area contributed by atoms with Gasteiger partial charge in [-0.1, -0.05) is 29.3 Å². The highest BCUT2D eigenvalue weighted by Crippen LogP contribution is 2.31. The first-order valence-corrected chi connectivity index (χ1v) is 4.15. The van der Waals surface area contributed by atoms with E-state index in [4.69, 9.17) is 33.0 Å². The van der Waals surface area contributed by atoms with E-state index in [2.05, 4.69) is 0 Å². The van der Waals surface area contributed by atoms with Crippen LogP contribution < -0.4 is 4.74 Å². The van der Waals surface area contributed by atoms with Crippen molar-refractivity contribution in [1.82, 2.24) is 0 Å². The van der Waals surface area contributed by atoms with Gasteiger partial charge in [0.15, 0.2) is 6.61 Å². The largest absolute Gasteiger partial charge is 0.480 e. The van der Waals surface area contributed by atoms with Gasteiger partial charge in [0.25, 0.3) is 0 Å². The topological polar surface area (TPSA) is 46.5 Å². The minimum atomic E-state index is -1.06. The molecule has 0 fully saturated rings. The predicted octanol–water partition coefficient (Wildman–Crippen LogP) is 2.46. The summed E-state index contributed by atoms with van der Waals surface area (Å²) < 4.78 is 4.86. The summed E-state index contributed by atoms with van der Waals surface area (Å²) in [7, 11) is 0. The molecular formula is C8H6Cl2O3. The Bertz CT molecular complexity index is 325. The normalized spacial score (nSPS) is 9.69. The van der Waals surface area contributed by atoms with Crippen LogP contribution in [0.25, 0.3) is 0 Å². The number of carboxylic acids is 1. The second-order valence-electron chi connectivity index (χ2n) is 2.23. The van der Waals surface area contributed by atoms with Gasteiger partial charge in [0.05, 0.1) is 5.02 Å². The van der Waals surface area contributed by atoms with E-state index < -0.39 is 12.6 Å². The van der Waals surface area contributed by atoms with Crippen LogP contribution in [-0.2, 0) is 4.79 Å². The summed E-state index contributed by atoms with van der Waals surface area (Å²) in [6, 6.07) is 4.78. The molecule has 1 aromatic rings. The van der Waals surface area contributed by atoms with Crippen molar-refractivity contribution < 1.29 is 14.6 Å². The zero-order chi connectivity index (χ0) is 9.84. The molecule has 0 aromatic heterocycles. The van der Waals surface area contributed by atoms with E-state index in [0.29, 0.717) is 5.02 Å². The van der Waals surface area contributed by atoms with Crippen molar-refractivity contribution in [1.29, 1.82) is 0 Å². The molecule has 13 heavy (non-hydrogen) atoms. The smallest absolute Gasteiger partial charge is 0.341 e. The second-order valence-corrected chi connectivity index (χ2v) is 3.02. The number of hydrogen-bond acceptors (Lipinski definition) is 2. The third-order valence-electron chi connectivity index (χ3n) is 1.27. The Hall–Kier alpha value is -0.930. The van der Waals surface area contributed by atoms with Crippen LogP contribution in [-0.4, -0.2) is 17.7 Å². The summed E-state index contributed by atoms with van der Waals surface area (Å²) in [6.07, 6.45) is 0. The highest BCUT2D eigenvalue weighted by atomic mass is 35.5. The Balaban J connectivity index is 2.77. The van der Waals surface area contributed by atoms with Gasteiger partial charge < -0.3 is 9.84 Å². The van der Waals surface area contributed by atoms with Gasteiger partial charge in [-0.3, -0.25) is 0 Å². The lowest BCUT2D eigenvalue weighted by Gasteiger charge is -2.05. The van der Waals surface area contributed by atoms with Crippen molar-refractivity contribution in [3.8, 4) is 5.75 Å². The third kappa shape index (κ3) is 2.79. The van der Waals surface area contributed by atoms with Crippen molar-refractivity contribution in [2.75, 3.05) is 6.61 Å². The first-order chi connectivity index (χ1) is 6.11. The van der Waals surface area contributed by atoms with Gasteiger partial charge in [0.2, 0.25) is 0 Å². The molecule has 0 heterocycles. The van der Waals surface area contributed by atoms with E-state index in [0.717, 1.165) is 0 Å². The number of carboxylic acid groups (broad SMARTS) is 1. The van der Waals surface area contributed by atoms with Crippen LogP contribution in [0.2, 0.25) is 10.0 Å². The van der Waals surface area contributed by atoms with Gasteiger partial charge in [-0.25, -0.2) is 4.79 Å². The Morgan fingerprint density at radius 3 is 2.77 bits per heavy atom. The molecule has 1 rings (SSSR count). The Labute approximate surface area is 84.8 Å². The summed E-state index contributed by atoms with van der Waals surface area (Å²) in [5, 5.41) is 8.90. The molecule has 0 saturated carbocycles. The molecule has 0 unspecified atom stereocenters. The van der Waals surface area contributed by atoms with Crippen LogP contribution in [0, 0.1) is 0 Å². The number of aliphatic carboxylic acids is 1. The maximum absolute atomic E-state index is 10.2. The molecule has 0 atom stereocenters. The number of hydrogen-bond donors (Lipinski definition) is 1. The molecule has 0 bridgehead atoms. The monoisotopic (exact) mass is 220 g/mol. The van der Waals surface area contributed by atoms with E-state index >= 15 is 0 Å². The molecule has 0 aliphatic heterocycles. The minimum absolute atomic E-state index is 0.227. The van der Waals surface area contributed by atoms with Gasteiger partial charge in [-0.05, 0) is 12.1 Å². The number of rotatable bonds is 3. The lowest BCUT2D eigenvalue weighted by molar-refractivity contribution is -0.139. The summed E-state index contributed by atoms with van der Waals surface area (Å²) in [4.78, 5) is 10.2. The molecule has 5 heteroatoms. The van der Waals surface area contributed by atoms with Gasteiger partial charge in [-0.15, -0.1) is 0 Å². The molecule has 70 valence electrons. The molecule has 3 nitrogen and oxygen atoms in total. The van der Waals surface area contributed by atoms with Gasteiger partial charge in [-0.2, -0.15) is 0 Å². The van der Waals surface area contributed by atoms with Crippen LogP contribution in [0.3, 0.4) is 0 Å². The van der Waals surface area contributed by atoms with Crippen molar-refractivity contribution in [2.45, 2.75) is 0 Å². The highest BCUT2D eigenvalue weighted by Gasteiger charge is 2.06. The fourth-order valence-electron chi connectivity index (χ4n) is 0.735. The molecule has 0 aliphatic carbocycles. The fourth-order valence-corrected chi connectivity index (χ4v) is 1.08. The summed E-state index contributed by atoms with van der Waals surface area (Å²) >= 11 is 11.4. The maximum atomic E-state index is 10.2. The molecule has 1 N–H and O–H groups in total. The number of benzene rings is 1. The molecule has 1 aromatic carbocycles. The van der Waals surface area contributed by atoms with Gasteiger partial charge in [0.1, 0.15) is 10.8 Å². The summed E-state index contributed by atoms with van der Waals surface area (Å²) in [6.45, 7) is -0.430. The SMILES string of the molecule is O=C(O)COc1cccc(Cl)c1Cl. The van der Waals surface area contributed by atoms with E-state index in [-0.39, 0.29) is 10.8 Å². The minimum Gasteiger partial charge on any atom is -0.480 e. The standard InChI is InChI=1S/C8H6Cl2O3/c9-5-2-1-3-6(8(5)10)13-4-7(11)12/h1-3H,4H2,(H,11,12). The third-order valence-corrected chi connectivity index (χ3v) is 2.07. The molecular weight excluding hydrogens is 215 g/mol. The van der Waals surface area contributed by atoms with Gasteiger partial charge in [0, 0.05) is 0 Å². The van der Waals surface area contributed by atoms with Crippen LogP contribution in [0.4, 0.5) is 0 Å². The highest BCUT2D eigenvalue weighted by molar-refractivity contribution is 6.42. The molecule has 0 spiro atoms. The zero-order valence-electron chi connectivity index (χ0n) is 6.46. The van der Waals surface area contributed by atoms with Crippen molar-refractivity contribution in [3.63, 3.8) is 0 Å². The first-order valence-electron chi connectivity index (χ1n) is 3.40. The molecule has 0 amide bonds. The van der Waals surface area contributed by atoms with E-state index in [1.807, 2.05) is 0 Å². The summed E-state index contributed by atoms with van der Waals surface area (Å²) in [5.41, 5.74) is 0. The fraction of sp³-hybridized carbons (Fsp3) is 0.125. The molecule has 0 aliphatic rings. The lowest BCUT2D eigenvalue weighted by atomic mass is 10.3. The number of ether oxygens (including phenoxy) is 1. The first kappa shape index (κ1) is 10.2. The Kier molecular flexibility index (Phi) is 3.39. The Morgan fingerprint density at radius 1 is 1.46 bits per heavy atom. The van der Waals surface area contributed by atoms with E-state index in [1.165, 1.54) is 0 Å². The predicted molar refractivity (Wildman–Crippen MR) is 49.6 cm³/mol. The van der Waals surface area contributed by atoms with Crippen molar-refractivity contribution >= 4 is 29.2 Å². The van der Waals surface area contributed by atoms with Crippen LogP contribution in [0.5, 0.6) is 5.75 Å². The average Bonchev–Trinajstić information content (AvgIpc) is 2.07. The zero-order valence-corrected chi connectivity index (χ0v) is 7.97. The van der Waals surface area contributed by atoms with Crippen molar-refractivity contribution in [2.24, 2.45) is 0 Å². The van der Waals surface area contributed by atoms with Crippen LogP contribution in [0.1, 0.15) is 0 Å². The average molecular weight is 221 g/mol. The number of halogens is 2. The lowest BCUT2D eigenvalue weighted by Crippen LogP contribution is -2.09. The van der Waals surface area contributed by atoms with Crippen LogP contribution >= 0.6 is 23.2 Å². The molecule has 0 saturated heterocycles. The maximum Gasteiger partial charge on any atom is 0.341 e. The molecule has 0 radical (unpaired) electrons. The quantitative estimate of drug-likeness (QED) is 0.852. The van der Waals surface area contributed by atoms with E-state index in [1.54, 1.807) is 18.2 Å². The summed E-state index contributed by atoms with van der Waals surface area (Å²) in [5.74, 6) is -0.785. The number of carbonyl (C=O) groups is 1. The Morgan fingerprint density at radius 2 is 2.15 bits per heavy atom. The van der Waals surface area contributed by atoms with Crippen molar-refractivity contribution in [3.05, 3.63) is 28.2 Å².